The van der Waals surface area contributed by atoms with Crippen molar-refractivity contribution >= 4 is 11.9 Å². The molecule has 1 aromatic rings. The number of aromatic amines is 1. The van der Waals surface area contributed by atoms with Crippen molar-refractivity contribution in [3.63, 3.8) is 0 Å². The Morgan fingerprint density at radius 3 is 2.54 bits per heavy atom. The molecule has 0 spiro atoms. The highest BCUT2D eigenvalue weighted by Crippen LogP contribution is 1.92. The summed E-state index contributed by atoms with van der Waals surface area (Å²) in [4.78, 5) is 11.8. The molecule has 0 amide bonds. The van der Waals surface area contributed by atoms with Gasteiger partial charge in [-0.25, -0.2) is 0 Å². The monoisotopic (exact) mass is 190 g/mol. The number of H-pyrrole nitrogens is 1. The van der Waals surface area contributed by atoms with E-state index in [0.717, 1.165) is 0 Å². The van der Waals surface area contributed by atoms with Gasteiger partial charge in [-0.15, -0.1) is 15.2 Å². The van der Waals surface area contributed by atoms with E-state index >= 15 is 0 Å². The second-order valence-corrected chi connectivity index (χ2v) is 1.49. The van der Waals surface area contributed by atoms with Crippen molar-refractivity contribution in [2.24, 2.45) is 16.5 Å². The Bertz CT molecular complexity index is 270. The second-order valence-electron chi connectivity index (χ2n) is 1.49. The summed E-state index contributed by atoms with van der Waals surface area (Å²) in [6, 6.07) is 0. The molecule has 1 aromatic heterocycles. The molecule has 1 heterocycles. The lowest BCUT2D eigenvalue weighted by Gasteiger charge is -1.81. The Hall–Kier alpha value is -2.46. The van der Waals surface area contributed by atoms with Gasteiger partial charge in [0.05, 0.1) is 0 Å². The number of nitrogens with one attached hydrogen (secondary N) is 1. The molecule has 0 aliphatic rings. The van der Waals surface area contributed by atoms with E-state index < -0.39 is 5.09 Å². The molecular formula is C2H6N8O3. The summed E-state index contributed by atoms with van der Waals surface area (Å²) in [5.41, 5.74) is 9.98. The Labute approximate surface area is 70.6 Å². The number of hydrogen-bond acceptors (Lipinski definition) is 6. The molecule has 72 valence electrons. The van der Waals surface area contributed by atoms with Crippen molar-refractivity contribution in [2.75, 3.05) is 0 Å². The zero-order valence-corrected chi connectivity index (χ0v) is 6.15. The Balaban J connectivity index is 0.000000310. The third-order valence-corrected chi connectivity index (χ3v) is 0.563. The fourth-order valence-electron chi connectivity index (χ4n) is 0.319. The highest BCUT2D eigenvalue weighted by molar-refractivity contribution is 5.77. The van der Waals surface area contributed by atoms with Gasteiger partial charge in [0.15, 0.2) is 5.96 Å². The first-order chi connectivity index (χ1) is 6.02. The van der Waals surface area contributed by atoms with E-state index in [4.69, 9.17) is 26.8 Å². The van der Waals surface area contributed by atoms with Gasteiger partial charge in [-0.2, -0.15) is 10.2 Å². The predicted molar refractivity (Wildman–Crippen MR) is 38.4 cm³/mol. The first kappa shape index (κ1) is 10.5. The van der Waals surface area contributed by atoms with Crippen molar-refractivity contribution in [3.05, 3.63) is 10.1 Å². The van der Waals surface area contributed by atoms with Crippen molar-refractivity contribution in [2.45, 2.75) is 0 Å². The average molecular weight is 190 g/mol. The van der Waals surface area contributed by atoms with Gasteiger partial charge in [0, 0.05) is 0 Å². The van der Waals surface area contributed by atoms with Crippen LogP contribution in [0.15, 0.2) is 4.99 Å². The first-order valence-electron chi connectivity index (χ1n) is 2.68. The van der Waals surface area contributed by atoms with Crippen molar-refractivity contribution in [1.29, 1.82) is 0 Å². The van der Waals surface area contributed by atoms with E-state index in [9.17, 15) is 0 Å². The standard InChI is InChI=1S/C2H5N7.HNO3/c3-1(4)5-2-6-8-9-7-2;2-1(3)4/h(H5,3,4,5,6,7,8,9);(H,2,3,4). The fraction of sp³-hybridized carbons (Fsp3) is 0. The van der Waals surface area contributed by atoms with Crippen LogP contribution in [-0.2, 0) is 0 Å². The van der Waals surface area contributed by atoms with Gasteiger partial charge in [0.2, 0.25) is 0 Å². The number of aromatic nitrogens is 4. The van der Waals surface area contributed by atoms with Crippen LogP contribution in [0.25, 0.3) is 0 Å². The van der Waals surface area contributed by atoms with Crippen LogP contribution in [0.1, 0.15) is 0 Å². The predicted octanol–water partition coefficient (Wildman–Crippen LogP) is -2.24. The molecule has 0 aromatic carbocycles. The summed E-state index contributed by atoms with van der Waals surface area (Å²) in [5.74, 6) is 0.0476. The fourth-order valence-corrected chi connectivity index (χ4v) is 0.319. The van der Waals surface area contributed by atoms with Crippen molar-refractivity contribution < 1.29 is 10.3 Å². The summed E-state index contributed by atoms with van der Waals surface area (Å²) >= 11 is 0. The lowest BCUT2D eigenvalue weighted by Crippen LogP contribution is -2.22. The molecule has 0 fully saturated rings. The van der Waals surface area contributed by atoms with Gasteiger partial charge in [-0.1, -0.05) is 5.10 Å². The van der Waals surface area contributed by atoms with Crippen LogP contribution >= 0.6 is 0 Å². The van der Waals surface area contributed by atoms with Gasteiger partial charge in [-0.3, -0.25) is 0 Å². The largest absolute Gasteiger partial charge is 0.370 e. The number of rotatable bonds is 1. The van der Waals surface area contributed by atoms with Crippen molar-refractivity contribution in [3.8, 4) is 0 Å². The van der Waals surface area contributed by atoms with Crippen LogP contribution in [0.2, 0.25) is 0 Å². The van der Waals surface area contributed by atoms with Crippen molar-refractivity contribution in [1.82, 2.24) is 20.6 Å². The van der Waals surface area contributed by atoms with E-state index in [1.807, 2.05) is 0 Å². The summed E-state index contributed by atoms with van der Waals surface area (Å²) in [7, 11) is 0. The van der Waals surface area contributed by atoms with Gasteiger partial charge in [-0.05, 0) is 5.21 Å². The minimum absolute atomic E-state index is 0.0867. The highest BCUT2D eigenvalue weighted by atomic mass is 16.9. The quantitative estimate of drug-likeness (QED) is 0.166. The maximum Gasteiger partial charge on any atom is 0.292 e. The average Bonchev–Trinajstić information content (AvgIpc) is 2.36. The smallest absolute Gasteiger partial charge is 0.292 e. The number of aliphatic imine (C=N–C) groups is 1. The maximum atomic E-state index is 8.36. The summed E-state index contributed by atoms with van der Waals surface area (Å²) in [5, 5.41) is 26.0. The zero-order chi connectivity index (χ0) is 10.3. The molecule has 1 rings (SSSR count). The minimum atomic E-state index is -1.50. The molecule has 0 atom stereocenters. The number of nitrogens with two attached hydrogens (primary N) is 2. The number of guanidine groups is 1. The van der Waals surface area contributed by atoms with Gasteiger partial charge < -0.3 is 16.7 Å². The van der Waals surface area contributed by atoms with E-state index in [2.05, 4.69) is 25.6 Å². The molecule has 11 nitrogen and oxygen atoms in total. The molecular weight excluding hydrogens is 184 g/mol. The topological polar surface area (TPSA) is 182 Å². The van der Waals surface area contributed by atoms with Crippen LogP contribution in [0.3, 0.4) is 0 Å². The highest BCUT2D eigenvalue weighted by Gasteiger charge is 1.90. The molecule has 0 bridgehead atoms. The molecule has 0 aliphatic heterocycles. The third kappa shape index (κ3) is 7.44. The zero-order valence-electron chi connectivity index (χ0n) is 6.15. The number of hydrogen-bond donors (Lipinski definition) is 4. The molecule has 11 heteroatoms. The third-order valence-electron chi connectivity index (χ3n) is 0.563. The minimum Gasteiger partial charge on any atom is -0.370 e. The molecule has 0 unspecified atom stereocenters. The molecule has 0 radical (unpaired) electrons. The molecule has 0 aliphatic carbocycles. The van der Waals surface area contributed by atoms with E-state index in [-0.39, 0.29) is 11.9 Å². The summed E-state index contributed by atoms with van der Waals surface area (Å²) in [6.07, 6.45) is 0. The SMILES string of the molecule is NC(N)=Nc1nn[nH]n1.O=[N+]([O-])O. The van der Waals surface area contributed by atoms with E-state index in [1.54, 1.807) is 0 Å². The Kier molecular flexibility index (Phi) is 4.24. The van der Waals surface area contributed by atoms with E-state index in [0.29, 0.717) is 0 Å². The van der Waals surface area contributed by atoms with Gasteiger partial charge in [0.25, 0.3) is 11.0 Å². The van der Waals surface area contributed by atoms with Crippen LogP contribution in [0.5, 0.6) is 0 Å². The maximum absolute atomic E-state index is 8.36. The second kappa shape index (κ2) is 5.22. The number of nitrogens with zero attached hydrogens (tertiary/aromatic N) is 5. The molecule has 0 saturated heterocycles. The van der Waals surface area contributed by atoms with E-state index in [1.165, 1.54) is 0 Å². The lowest BCUT2D eigenvalue weighted by atomic mass is 11.0. The lowest BCUT2D eigenvalue weighted by molar-refractivity contribution is -0.742. The Morgan fingerprint density at radius 1 is 1.69 bits per heavy atom. The summed E-state index contributed by atoms with van der Waals surface area (Å²) < 4.78 is 0. The van der Waals surface area contributed by atoms with Crippen LogP contribution in [0.4, 0.5) is 5.95 Å². The van der Waals surface area contributed by atoms with Gasteiger partial charge in [0.1, 0.15) is 0 Å². The van der Waals surface area contributed by atoms with Gasteiger partial charge >= 0.3 is 0 Å². The van der Waals surface area contributed by atoms with Crippen LogP contribution in [-0.4, -0.2) is 36.9 Å². The first-order valence-corrected chi connectivity index (χ1v) is 2.68. The summed E-state index contributed by atoms with van der Waals surface area (Å²) in [6.45, 7) is 0. The van der Waals surface area contributed by atoms with Crippen LogP contribution < -0.4 is 11.5 Å². The Morgan fingerprint density at radius 2 is 2.23 bits per heavy atom. The molecule has 0 saturated carbocycles. The number of tetrazole rings is 1. The van der Waals surface area contributed by atoms with Crippen LogP contribution in [0, 0.1) is 10.1 Å². The molecule has 13 heavy (non-hydrogen) atoms. The normalized spacial score (nSPS) is 8.00. The molecule has 6 N–H and O–H groups in total.